The van der Waals surface area contributed by atoms with Gasteiger partial charge in [-0.3, -0.25) is 4.79 Å². The lowest BCUT2D eigenvalue weighted by Crippen LogP contribution is -2.35. The van der Waals surface area contributed by atoms with Crippen LogP contribution < -0.4 is 9.64 Å². The van der Waals surface area contributed by atoms with Gasteiger partial charge in [-0.2, -0.15) is 0 Å². The van der Waals surface area contributed by atoms with E-state index < -0.39 is 0 Å². The maximum absolute atomic E-state index is 13.8. The van der Waals surface area contributed by atoms with Crippen LogP contribution in [-0.4, -0.2) is 19.6 Å². The molecule has 0 unspecified atom stereocenters. The molecule has 4 heteroatoms. The molecule has 0 bridgehead atoms. The van der Waals surface area contributed by atoms with Gasteiger partial charge in [0.1, 0.15) is 11.6 Å². The molecular weight excluding hydrogens is 281 g/mol. The van der Waals surface area contributed by atoms with Crippen LogP contribution in [0.1, 0.15) is 27.9 Å². The van der Waals surface area contributed by atoms with Crippen LogP contribution in [0.5, 0.6) is 5.75 Å². The number of hydrogen-bond acceptors (Lipinski definition) is 2. The van der Waals surface area contributed by atoms with Crippen molar-refractivity contribution in [2.24, 2.45) is 0 Å². The molecule has 1 heterocycles. The smallest absolute Gasteiger partial charge is 0.258 e. The number of carbonyl (C=O) groups excluding carboxylic acids is 1. The van der Waals surface area contributed by atoms with E-state index in [9.17, 15) is 9.18 Å². The SMILES string of the molecule is COc1cccc2c1N(C(=O)c1ccc(C)c(F)c1)CCC2. The topological polar surface area (TPSA) is 29.5 Å². The Morgan fingerprint density at radius 2 is 2.09 bits per heavy atom. The lowest BCUT2D eigenvalue weighted by Gasteiger charge is -2.31. The Balaban J connectivity index is 2.03. The van der Waals surface area contributed by atoms with Crippen molar-refractivity contribution in [3.05, 3.63) is 58.9 Å². The Hall–Kier alpha value is -2.36. The molecule has 2 aromatic carbocycles. The highest BCUT2D eigenvalue weighted by molar-refractivity contribution is 6.07. The number of anilines is 1. The van der Waals surface area contributed by atoms with Crippen molar-refractivity contribution in [2.75, 3.05) is 18.6 Å². The van der Waals surface area contributed by atoms with Gasteiger partial charge in [-0.25, -0.2) is 4.39 Å². The van der Waals surface area contributed by atoms with Crippen LogP contribution in [0.3, 0.4) is 0 Å². The molecule has 2 aromatic rings. The third-order valence-electron chi connectivity index (χ3n) is 4.06. The van der Waals surface area contributed by atoms with E-state index in [0.717, 1.165) is 24.1 Å². The molecule has 0 saturated heterocycles. The summed E-state index contributed by atoms with van der Waals surface area (Å²) in [6, 6.07) is 10.4. The van der Waals surface area contributed by atoms with Crippen molar-refractivity contribution < 1.29 is 13.9 Å². The number of amides is 1. The first kappa shape index (κ1) is 14.6. The van der Waals surface area contributed by atoms with Gasteiger partial charge in [-0.1, -0.05) is 18.2 Å². The standard InChI is InChI=1S/C18H18FNO2/c1-12-8-9-14(11-15(12)19)18(21)20-10-4-6-13-5-3-7-16(22-2)17(13)20/h3,5,7-9,11H,4,6,10H2,1-2H3. The number of carbonyl (C=O) groups is 1. The van der Waals surface area contributed by atoms with Gasteiger partial charge in [-0.15, -0.1) is 0 Å². The van der Waals surface area contributed by atoms with Gasteiger partial charge in [0.05, 0.1) is 12.8 Å². The minimum absolute atomic E-state index is 0.190. The second kappa shape index (κ2) is 5.79. The van der Waals surface area contributed by atoms with Gasteiger partial charge in [0.2, 0.25) is 0 Å². The average molecular weight is 299 g/mol. The summed E-state index contributed by atoms with van der Waals surface area (Å²) in [5.41, 5.74) is 2.80. The zero-order valence-corrected chi connectivity index (χ0v) is 12.7. The zero-order chi connectivity index (χ0) is 15.7. The van der Waals surface area contributed by atoms with E-state index in [4.69, 9.17) is 4.74 Å². The summed E-state index contributed by atoms with van der Waals surface area (Å²) in [4.78, 5) is 14.5. The molecule has 0 fully saturated rings. The van der Waals surface area contributed by atoms with Crippen molar-refractivity contribution >= 4 is 11.6 Å². The maximum atomic E-state index is 13.8. The number of ether oxygens (including phenoxy) is 1. The van der Waals surface area contributed by atoms with Crippen LogP contribution in [0.15, 0.2) is 36.4 Å². The first-order chi connectivity index (χ1) is 10.6. The molecule has 1 aliphatic rings. The Morgan fingerprint density at radius 1 is 1.27 bits per heavy atom. The molecule has 3 nitrogen and oxygen atoms in total. The molecule has 114 valence electrons. The highest BCUT2D eigenvalue weighted by Gasteiger charge is 2.27. The third-order valence-corrected chi connectivity index (χ3v) is 4.06. The van der Waals surface area contributed by atoms with Crippen molar-refractivity contribution in [3.63, 3.8) is 0 Å². The number of benzene rings is 2. The molecule has 0 aliphatic carbocycles. The Labute approximate surface area is 129 Å². The maximum Gasteiger partial charge on any atom is 0.258 e. The molecule has 0 atom stereocenters. The van der Waals surface area contributed by atoms with Gasteiger partial charge in [0, 0.05) is 12.1 Å². The summed E-state index contributed by atoms with van der Waals surface area (Å²) in [6.07, 6.45) is 1.80. The van der Waals surface area contributed by atoms with E-state index >= 15 is 0 Å². The largest absolute Gasteiger partial charge is 0.495 e. The Morgan fingerprint density at radius 3 is 2.82 bits per heavy atom. The molecule has 0 radical (unpaired) electrons. The molecule has 0 aromatic heterocycles. The summed E-state index contributed by atoms with van der Waals surface area (Å²) < 4.78 is 19.2. The first-order valence-electron chi connectivity index (χ1n) is 7.35. The number of para-hydroxylation sites is 1. The molecule has 0 N–H and O–H groups in total. The van der Waals surface area contributed by atoms with E-state index in [2.05, 4.69) is 0 Å². The number of methoxy groups -OCH3 is 1. The quantitative estimate of drug-likeness (QED) is 0.845. The number of rotatable bonds is 2. The fourth-order valence-electron chi connectivity index (χ4n) is 2.86. The molecule has 22 heavy (non-hydrogen) atoms. The van der Waals surface area contributed by atoms with E-state index in [1.165, 1.54) is 6.07 Å². The van der Waals surface area contributed by atoms with Crippen LogP contribution in [0.4, 0.5) is 10.1 Å². The normalized spacial score (nSPS) is 13.7. The van der Waals surface area contributed by atoms with Gasteiger partial charge < -0.3 is 9.64 Å². The van der Waals surface area contributed by atoms with Gasteiger partial charge in [0.15, 0.2) is 0 Å². The molecule has 3 rings (SSSR count). The number of fused-ring (bicyclic) bond motifs is 1. The number of nitrogens with zero attached hydrogens (tertiary/aromatic N) is 1. The van der Waals surface area contributed by atoms with Gasteiger partial charge in [0.25, 0.3) is 5.91 Å². The first-order valence-corrected chi connectivity index (χ1v) is 7.35. The van der Waals surface area contributed by atoms with E-state index in [-0.39, 0.29) is 11.7 Å². The minimum Gasteiger partial charge on any atom is -0.495 e. The highest BCUT2D eigenvalue weighted by Crippen LogP contribution is 2.36. The van der Waals surface area contributed by atoms with E-state index in [1.54, 1.807) is 31.1 Å². The van der Waals surface area contributed by atoms with Crippen LogP contribution >= 0.6 is 0 Å². The van der Waals surface area contributed by atoms with Crippen molar-refractivity contribution in [2.45, 2.75) is 19.8 Å². The summed E-state index contributed by atoms with van der Waals surface area (Å²) in [7, 11) is 1.60. The van der Waals surface area contributed by atoms with Crippen molar-refractivity contribution in [3.8, 4) is 5.75 Å². The Kier molecular flexibility index (Phi) is 3.84. The molecule has 0 saturated carbocycles. The second-order valence-corrected chi connectivity index (χ2v) is 5.49. The van der Waals surface area contributed by atoms with Crippen LogP contribution in [-0.2, 0) is 6.42 Å². The molecule has 1 aliphatic heterocycles. The lowest BCUT2D eigenvalue weighted by molar-refractivity contribution is 0.0984. The van der Waals surface area contributed by atoms with Crippen molar-refractivity contribution in [1.82, 2.24) is 0 Å². The average Bonchev–Trinajstić information content (AvgIpc) is 2.55. The zero-order valence-electron chi connectivity index (χ0n) is 12.7. The fraction of sp³-hybridized carbons (Fsp3) is 0.278. The van der Waals surface area contributed by atoms with E-state index in [1.807, 2.05) is 18.2 Å². The third kappa shape index (κ3) is 2.45. The summed E-state index contributed by atoms with van der Waals surface area (Å²) in [6.45, 7) is 2.30. The van der Waals surface area contributed by atoms with Crippen LogP contribution in [0.25, 0.3) is 0 Å². The molecular formula is C18H18FNO2. The number of halogens is 1. The molecule has 1 amide bonds. The number of aryl methyl sites for hydroxylation is 2. The van der Waals surface area contributed by atoms with Crippen LogP contribution in [0.2, 0.25) is 0 Å². The van der Waals surface area contributed by atoms with Gasteiger partial charge >= 0.3 is 0 Å². The predicted molar refractivity (Wildman–Crippen MR) is 84.1 cm³/mol. The highest BCUT2D eigenvalue weighted by atomic mass is 19.1. The van der Waals surface area contributed by atoms with Crippen LogP contribution in [0, 0.1) is 12.7 Å². The lowest BCUT2D eigenvalue weighted by atomic mass is 9.99. The minimum atomic E-state index is -0.358. The van der Waals surface area contributed by atoms with Gasteiger partial charge in [-0.05, 0) is 49.1 Å². The monoisotopic (exact) mass is 299 g/mol. The van der Waals surface area contributed by atoms with E-state index in [0.29, 0.717) is 23.4 Å². The number of hydrogen-bond donors (Lipinski definition) is 0. The second-order valence-electron chi connectivity index (χ2n) is 5.49. The fourth-order valence-corrected chi connectivity index (χ4v) is 2.86. The van der Waals surface area contributed by atoms with Crippen molar-refractivity contribution in [1.29, 1.82) is 0 Å². The summed E-state index contributed by atoms with van der Waals surface area (Å²) >= 11 is 0. The summed E-state index contributed by atoms with van der Waals surface area (Å²) in [5, 5.41) is 0. The molecule has 0 spiro atoms. The predicted octanol–water partition coefficient (Wildman–Crippen LogP) is 3.74. The Bertz CT molecular complexity index is 713. The summed E-state index contributed by atoms with van der Waals surface area (Å²) in [5.74, 6) is 0.130.